The van der Waals surface area contributed by atoms with Crippen molar-refractivity contribution < 1.29 is 14.3 Å². The van der Waals surface area contributed by atoms with Crippen LogP contribution in [0.25, 0.3) is 0 Å². The minimum absolute atomic E-state index is 0.209. The van der Waals surface area contributed by atoms with Gasteiger partial charge in [-0.05, 0) is 24.3 Å². The summed E-state index contributed by atoms with van der Waals surface area (Å²) in [5.74, 6) is -0.537. The van der Waals surface area contributed by atoms with E-state index < -0.39 is 5.97 Å². The number of carbonyl (C=O) groups excluding carboxylic acids is 2. The largest absolute Gasteiger partial charge is 0.464 e. The minimum atomic E-state index is -0.537. The summed E-state index contributed by atoms with van der Waals surface area (Å²) in [5, 5.41) is 0. The van der Waals surface area contributed by atoms with E-state index in [2.05, 4.69) is 4.74 Å². The number of carbonyl (C=O) groups is 2. The van der Waals surface area contributed by atoms with Crippen LogP contribution < -0.4 is 0 Å². The van der Waals surface area contributed by atoms with Crippen LogP contribution in [0.2, 0.25) is 0 Å². The lowest BCUT2D eigenvalue weighted by Gasteiger charge is -2.06. The molecule has 82 valence electrons. The van der Waals surface area contributed by atoms with E-state index in [0.717, 1.165) is 0 Å². The molecular formula is C11H10N2O3. The summed E-state index contributed by atoms with van der Waals surface area (Å²) >= 11 is 0. The van der Waals surface area contributed by atoms with Gasteiger partial charge in [-0.1, -0.05) is 0 Å². The molecule has 0 saturated carbocycles. The zero-order valence-corrected chi connectivity index (χ0v) is 8.66. The van der Waals surface area contributed by atoms with Gasteiger partial charge in [0.15, 0.2) is 0 Å². The Hall–Kier alpha value is -2.30. The van der Waals surface area contributed by atoms with Gasteiger partial charge in [-0.15, -0.1) is 0 Å². The Bertz CT molecular complexity index is 511. The molecule has 0 aromatic carbocycles. The van der Waals surface area contributed by atoms with E-state index in [1.807, 2.05) is 0 Å². The lowest BCUT2D eigenvalue weighted by atomic mass is 10.4. The van der Waals surface area contributed by atoms with Crippen LogP contribution >= 0.6 is 0 Å². The molecule has 0 unspecified atom stereocenters. The molecule has 0 fully saturated rings. The summed E-state index contributed by atoms with van der Waals surface area (Å²) in [6.07, 6.45) is 4.75. The Kier molecular flexibility index (Phi) is 2.59. The quantitative estimate of drug-likeness (QED) is 0.683. The maximum absolute atomic E-state index is 11.9. The van der Waals surface area contributed by atoms with Crippen LogP contribution in [0.1, 0.15) is 10.5 Å². The molecule has 2 aromatic heterocycles. The third-order valence-corrected chi connectivity index (χ3v) is 2.17. The molecule has 5 heteroatoms. The number of ether oxygens (including phenoxy) is 1. The van der Waals surface area contributed by atoms with Crippen molar-refractivity contribution in [2.24, 2.45) is 0 Å². The van der Waals surface area contributed by atoms with E-state index in [9.17, 15) is 9.59 Å². The van der Waals surface area contributed by atoms with Gasteiger partial charge in [0.25, 0.3) is 0 Å². The Labute approximate surface area is 91.9 Å². The summed E-state index contributed by atoms with van der Waals surface area (Å²) < 4.78 is 7.20. The lowest BCUT2D eigenvalue weighted by Crippen LogP contribution is -2.21. The molecule has 0 N–H and O–H groups in total. The average molecular weight is 218 g/mol. The van der Waals surface area contributed by atoms with Gasteiger partial charge in [-0.2, -0.15) is 0 Å². The highest BCUT2D eigenvalue weighted by molar-refractivity contribution is 5.93. The van der Waals surface area contributed by atoms with Crippen molar-refractivity contribution >= 4 is 12.0 Å². The highest BCUT2D eigenvalue weighted by atomic mass is 16.5. The van der Waals surface area contributed by atoms with Gasteiger partial charge in [0.05, 0.1) is 7.11 Å². The van der Waals surface area contributed by atoms with Crippen LogP contribution in [-0.2, 0) is 4.74 Å². The summed E-state index contributed by atoms with van der Waals surface area (Å²) in [6.45, 7) is 0. The van der Waals surface area contributed by atoms with Crippen molar-refractivity contribution in [2.45, 2.75) is 0 Å². The maximum atomic E-state index is 11.9. The summed E-state index contributed by atoms with van der Waals surface area (Å²) in [4.78, 5) is 23.3. The number of hydrogen-bond acceptors (Lipinski definition) is 3. The summed E-state index contributed by atoms with van der Waals surface area (Å²) in [6, 6.07) is 6.30. The molecule has 0 aliphatic heterocycles. The van der Waals surface area contributed by atoms with Crippen LogP contribution in [0, 0.1) is 0 Å². The lowest BCUT2D eigenvalue weighted by molar-refractivity contribution is 0.0590. The van der Waals surface area contributed by atoms with Gasteiger partial charge in [0.2, 0.25) is 0 Å². The first-order valence-electron chi connectivity index (χ1n) is 4.67. The van der Waals surface area contributed by atoms with Gasteiger partial charge in [-0.25, -0.2) is 9.59 Å². The topological polar surface area (TPSA) is 53.2 Å². The Balaban J connectivity index is 2.38. The van der Waals surface area contributed by atoms with Crippen LogP contribution in [0.3, 0.4) is 0 Å². The molecule has 0 bridgehead atoms. The number of nitrogens with zero attached hydrogens (tertiary/aromatic N) is 2. The fraction of sp³-hybridized carbons (Fsp3) is 0.0909. The second-order valence-electron chi connectivity index (χ2n) is 3.13. The van der Waals surface area contributed by atoms with E-state index in [-0.39, 0.29) is 11.7 Å². The second kappa shape index (κ2) is 4.06. The predicted octanol–water partition coefficient (Wildman–Crippen LogP) is 1.59. The second-order valence-corrected chi connectivity index (χ2v) is 3.13. The van der Waals surface area contributed by atoms with E-state index >= 15 is 0 Å². The smallest absolute Gasteiger partial charge is 0.355 e. The average Bonchev–Trinajstić information content (AvgIpc) is 2.97. The van der Waals surface area contributed by atoms with Crippen molar-refractivity contribution in [2.75, 3.05) is 7.11 Å². The van der Waals surface area contributed by atoms with Crippen molar-refractivity contribution in [3.8, 4) is 0 Å². The Morgan fingerprint density at radius 3 is 2.44 bits per heavy atom. The summed E-state index contributed by atoms with van der Waals surface area (Å²) in [5.41, 5.74) is 0.209. The predicted molar refractivity (Wildman–Crippen MR) is 56.4 cm³/mol. The molecular weight excluding hydrogens is 208 g/mol. The number of esters is 1. The van der Waals surface area contributed by atoms with Crippen molar-refractivity contribution in [1.82, 2.24) is 9.13 Å². The fourth-order valence-corrected chi connectivity index (χ4v) is 1.41. The third kappa shape index (κ3) is 1.63. The van der Waals surface area contributed by atoms with Crippen LogP contribution in [-0.4, -0.2) is 28.2 Å². The monoisotopic (exact) mass is 218 g/mol. The standard InChI is InChI=1S/C11H10N2O3/c1-16-10(14)9-5-4-8-13(9)11(15)12-6-2-3-7-12/h2-8H,1H3. The van der Waals surface area contributed by atoms with E-state index in [1.165, 1.54) is 28.5 Å². The first kappa shape index (κ1) is 10.2. The molecule has 0 radical (unpaired) electrons. The molecule has 5 nitrogen and oxygen atoms in total. The van der Waals surface area contributed by atoms with Gasteiger partial charge in [0, 0.05) is 18.6 Å². The van der Waals surface area contributed by atoms with Crippen molar-refractivity contribution in [1.29, 1.82) is 0 Å². The molecule has 0 spiro atoms. The molecule has 2 rings (SSSR count). The zero-order chi connectivity index (χ0) is 11.5. The van der Waals surface area contributed by atoms with E-state index in [0.29, 0.717) is 0 Å². The number of aromatic nitrogens is 2. The molecule has 0 saturated heterocycles. The SMILES string of the molecule is COC(=O)c1cccn1C(=O)n1cccc1. The normalized spacial score (nSPS) is 10.1. The zero-order valence-electron chi connectivity index (χ0n) is 8.66. The number of rotatable bonds is 1. The number of methoxy groups -OCH3 is 1. The molecule has 16 heavy (non-hydrogen) atoms. The first-order valence-corrected chi connectivity index (χ1v) is 4.67. The number of hydrogen-bond donors (Lipinski definition) is 0. The highest BCUT2D eigenvalue weighted by Gasteiger charge is 2.16. The van der Waals surface area contributed by atoms with Gasteiger partial charge >= 0.3 is 12.0 Å². The van der Waals surface area contributed by atoms with Crippen molar-refractivity contribution in [3.05, 3.63) is 48.5 Å². The maximum Gasteiger partial charge on any atom is 0.355 e. The van der Waals surface area contributed by atoms with Gasteiger partial charge < -0.3 is 4.74 Å². The van der Waals surface area contributed by atoms with E-state index in [4.69, 9.17) is 0 Å². The van der Waals surface area contributed by atoms with Gasteiger partial charge in [0.1, 0.15) is 5.69 Å². The first-order chi connectivity index (χ1) is 7.74. The highest BCUT2D eigenvalue weighted by Crippen LogP contribution is 2.06. The molecule has 0 aliphatic carbocycles. The van der Waals surface area contributed by atoms with Crippen LogP contribution in [0.5, 0.6) is 0 Å². The fourth-order valence-electron chi connectivity index (χ4n) is 1.41. The molecule has 0 amide bonds. The Morgan fingerprint density at radius 2 is 1.81 bits per heavy atom. The molecule has 2 aromatic rings. The van der Waals surface area contributed by atoms with Gasteiger partial charge in [-0.3, -0.25) is 9.13 Å². The molecule has 0 atom stereocenters. The van der Waals surface area contributed by atoms with E-state index in [1.54, 1.807) is 30.6 Å². The summed E-state index contributed by atoms with van der Waals surface area (Å²) in [7, 11) is 1.28. The molecule has 0 aliphatic rings. The third-order valence-electron chi connectivity index (χ3n) is 2.17. The van der Waals surface area contributed by atoms with Crippen LogP contribution in [0.15, 0.2) is 42.9 Å². The van der Waals surface area contributed by atoms with Crippen LogP contribution in [0.4, 0.5) is 4.79 Å². The minimum Gasteiger partial charge on any atom is -0.464 e. The molecule has 2 heterocycles. The Morgan fingerprint density at radius 1 is 1.12 bits per heavy atom. The van der Waals surface area contributed by atoms with Crippen molar-refractivity contribution in [3.63, 3.8) is 0 Å².